The van der Waals surface area contributed by atoms with Crippen LogP contribution in [0.4, 0.5) is 13.2 Å². The molecule has 2 aromatic rings. The molecule has 0 aliphatic heterocycles. The number of carbonyl (C=O) groups excluding carboxylic acids is 1. The van der Waals surface area contributed by atoms with E-state index in [0.29, 0.717) is 22.9 Å². The van der Waals surface area contributed by atoms with Crippen LogP contribution in [-0.4, -0.2) is 17.6 Å². The molecule has 0 amide bonds. The minimum Gasteiger partial charge on any atom is -0.543 e. The van der Waals surface area contributed by atoms with Crippen LogP contribution in [0.25, 0.3) is 0 Å². The molecule has 0 bridgehead atoms. The average Bonchev–Trinajstić information content (AvgIpc) is 3.00. The van der Waals surface area contributed by atoms with Crippen LogP contribution >= 0.6 is 11.3 Å². The van der Waals surface area contributed by atoms with E-state index in [0.717, 1.165) is 42.7 Å². The number of rotatable bonds is 8. The van der Waals surface area contributed by atoms with Gasteiger partial charge in [-0.3, -0.25) is 0 Å². The minimum absolute atomic E-state index is 0. The van der Waals surface area contributed by atoms with Crippen molar-refractivity contribution in [1.82, 2.24) is 4.98 Å². The largest absolute Gasteiger partial charge is 1.00 e. The fraction of sp³-hybridized carbons (Fsp3) is 0.412. The Balaban J connectivity index is 0.00000338. The topological polar surface area (TPSA) is 62.2 Å². The van der Waals surface area contributed by atoms with Crippen molar-refractivity contribution < 1.29 is 57.4 Å². The molecular formula is C17H17F3NNaO3S. The van der Waals surface area contributed by atoms with Crippen LogP contribution in [0.2, 0.25) is 0 Å². The van der Waals surface area contributed by atoms with E-state index in [9.17, 15) is 23.1 Å². The summed E-state index contributed by atoms with van der Waals surface area (Å²) in [6.45, 7) is 2.45. The van der Waals surface area contributed by atoms with Crippen molar-refractivity contribution in [2.45, 2.75) is 38.8 Å². The zero-order chi connectivity index (χ0) is 18.4. The molecule has 0 atom stereocenters. The second kappa shape index (κ2) is 10.3. The summed E-state index contributed by atoms with van der Waals surface area (Å²) in [7, 11) is 0. The monoisotopic (exact) mass is 395 g/mol. The van der Waals surface area contributed by atoms with Crippen molar-refractivity contribution >= 4 is 17.3 Å². The predicted molar refractivity (Wildman–Crippen MR) is 85.7 cm³/mol. The summed E-state index contributed by atoms with van der Waals surface area (Å²) in [5.41, 5.74) is -0.678. The number of aromatic carboxylic acids is 1. The number of hydrogen-bond acceptors (Lipinski definition) is 5. The zero-order valence-electron chi connectivity index (χ0n) is 14.6. The Morgan fingerprint density at radius 1 is 1.31 bits per heavy atom. The number of ether oxygens (including phenoxy) is 1. The zero-order valence-corrected chi connectivity index (χ0v) is 17.4. The van der Waals surface area contributed by atoms with Gasteiger partial charge in [0.1, 0.15) is 5.75 Å². The molecule has 2 rings (SSSR count). The van der Waals surface area contributed by atoms with Crippen LogP contribution in [0, 0.1) is 0 Å². The summed E-state index contributed by atoms with van der Waals surface area (Å²) in [6.07, 6.45) is -1.62. The van der Waals surface area contributed by atoms with Gasteiger partial charge in [0.15, 0.2) is 0 Å². The number of thiazole rings is 1. The second-order valence-corrected chi connectivity index (χ2v) is 6.41. The molecule has 0 unspecified atom stereocenters. The van der Waals surface area contributed by atoms with E-state index >= 15 is 0 Å². The molecule has 0 saturated heterocycles. The molecule has 9 heteroatoms. The molecule has 0 aliphatic carbocycles. The molecular weight excluding hydrogens is 378 g/mol. The maximum absolute atomic E-state index is 13.0. The summed E-state index contributed by atoms with van der Waals surface area (Å²) in [6, 6.07) is 3.31. The predicted octanol–water partition coefficient (Wildman–Crippen LogP) is 0.689. The number of unbranched alkanes of at least 4 members (excludes halogenated alkanes) is 2. The van der Waals surface area contributed by atoms with Gasteiger partial charge >= 0.3 is 35.7 Å². The van der Waals surface area contributed by atoms with Crippen molar-refractivity contribution in [3.8, 4) is 5.75 Å². The van der Waals surface area contributed by atoms with E-state index in [-0.39, 0.29) is 41.7 Å². The van der Waals surface area contributed by atoms with E-state index in [1.807, 2.05) is 6.92 Å². The Hall–Kier alpha value is -1.09. The molecule has 136 valence electrons. The third-order valence-electron chi connectivity index (χ3n) is 3.50. The molecule has 0 N–H and O–H groups in total. The molecule has 0 saturated carbocycles. The normalized spacial score (nSPS) is 11.1. The molecule has 1 heterocycles. The maximum Gasteiger partial charge on any atom is 1.00 e. The Labute approximate surface area is 175 Å². The van der Waals surface area contributed by atoms with Crippen molar-refractivity contribution in [2.75, 3.05) is 6.61 Å². The van der Waals surface area contributed by atoms with Crippen LogP contribution in [-0.2, 0) is 12.6 Å². The Kier molecular flexibility index (Phi) is 9.09. The van der Waals surface area contributed by atoms with Crippen LogP contribution < -0.4 is 39.4 Å². The fourth-order valence-corrected chi connectivity index (χ4v) is 3.00. The number of carboxylic acid groups (broad SMARTS) is 1. The Morgan fingerprint density at radius 2 is 2.04 bits per heavy atom. The molecule has 1 aromatic heterocycles. The van der Waals surface area contributed by atoms with E-state index in [4.69, 9.17) is 4.74 Å². The third-order valence-corrected chi connectivity index (χ3v) is 4.34. The van der Waals surface area contributed by atoms with Gasteiger partial charge in [-0.25, -0.2) is 4.98 Å². The second-order valence-electron chi connectivity index (χ2n) is 5.47. The van der Waals surface area contributed by atoms with E-state index < -0.39 is 17.7 Å². The van der Waals surface area contributed by atoms with Gasteiger partial charge in [0, 0.05) is 17.4 Å². The van der Waals surface area contributed by atoms with Gasteiger partial charge in [0.05, 0.1) is 28.8 Å². The number of carbonyl (C=O) groups is 1. The SMILES string of the molecule is CCCCCOc1ccc(C(F)(F)F)cc1Cc1nc(C(=O)[O-])cs1.[Na+]. The molecule has 0 radical (unpaired) electrons. The number of benzene rings is 1. The summed E-state index contributed by atoms with van der Waals surface area (Å²) >= 11 is 1.06. The molecule has 0 aliphatic rings. The van der Waals surface area contributed by atoms with Crippen molar-refractivity contribution in [2.24, 2.45) is 0 Å². The first-order valence-electron chi connectivity index (χ1n) is 7.80. The van der Waals surface area contributed by atoms with Gasteiger partial charge in [0.25, 0.3) is 0 Å². The quantitative estimate of drug-likeness (QED) is 0.488. The first kappa shape index (κ1) is 23.0. The standard InChI is InChI=1S/C17H18F3NO3S.Na/c1-2-3-4-7-24-14-6-5-12(17(18,19)20)8-11(14)9-15-21-13(10-25-15)16(22)23;/h5-6,8,10H,2-4,7,9H2,1H3,(H,22,23);/q;+1/p-1. The summed E-state index contributed by atoms with van der Waals surface area (Å²) in [5, 5.41) is 12.5. The van der Waals surface area contributed by atoms with Crippen LogP contribution in [0.5, 0.6) is 5.75 Å². The van der Waals surface area contributed by atoms with Crippen LogP contribution in [0.3, 0.4) is 0 Å². The van der Waals surface area contributed by atoms with E-state index in [1.165, 1.54) is 11.4 Å². The molecule has 26 heavy (non-hydrogen) atoms. The first-order chi connectivity index (χ1) is 11.8. The molecule has 0 spiro atoms. The Bertz CT molecular complexity index is 734. The average molecular weight is 395 g/mol. The minimum atomic E-state index is -4.46. The number of nitrogens with zero attached hydrogens (tertiary/aromatic N) is 1. The summed E-state index contributed by atoms with van der Waals surface area (Å²) < 4.78 is 44.5. The molecule has 1 aromatic carbocycles. The molecule has 0 fully saturated rings. The number of carboxylic acids is 1. The van der Waals surface area contributed by atoms with Gasteiger partial charge in [-0.15, -0.1) is 11.3 Å². The smallest absolute Gasteiger partial charge is 0.543 e. The van der Waals surface area contributed by atoms with Gasteiger partial charge in [0.2, 0.25) is 0 Å². The van der Waals surface area contributed by atoms with Crippen LogP contribution in [0.1, 0.15) is 52.8 Å². The third kappa shape index (κ3) is 6.57. The number of halogens is 3. The van der Waals surface area contributed by atoms with E-state index in [2.05, 4.69) is 4.98 Å². The van der Waals surface area contributed by atoms with Gasteiger partial charge in [-0.05, 0) is 24.6 Å². The van der Waals surface area contributed by atoms with Gasteiger partial charge in [-0.2, -0.15) is 13.2 Å². The number of hydrogen-bond donors (Lipinski definition) is 0. The van der Waals surface area contributed by atoms with Crippen molar-refractivity contribution in [3.63, 3.8) is 0 Å². The van der Waals surface area contributed by atoms with Crippen molar-refractivity contribution in [1.29, 1.82) is 0 Å². The van der Waals surface area contributed by atoms with Crippen LogP contribution in [0.15, 0.2) is 23.6 Å². The maximum atomic E-state index is 13.0. The van der Waals surface area contributed by atoms with E-state index in [1.54, 1.807) is 0 Å². The van der Waals surface area contributed by atoms with Gasteiger partial charge < -0.3 is 14.6 Å². The molecule has 4 nitrogen and oxygen atoms in total. The number of alkyl halides is 3. The number of aromatic nitrogens is 1. The first-order valence-corrected chi connectivity index (χ1v) is 8.68. The van der Waals surface area contributed by atoms with Crippen molar-refractivity contribution in [3.05, 3.63) is 45.4 Å². The Morgan fingerprint density at radius 3 is 2.62 bits per heavy atom. The fourth-order valence-electron chi connectivity index (χ4n) is 2.22. The summed E-state index contributed by atoms with van der Waals surface area (Å²) in [5.74, 6) is -1.06. The summed E-state index contributed by atoms with van der Waals surface area (Å²) in [4.78, 5) is 14.6. The van der Waals surface area contributed by atoms with Gasteiger partial charge in [-0.1, -0.05) is 19.8 Å².